The van der Waals surface area contributed by atoms with Crippen LogP contribution in [0.1, 0.15) is 0 Å². The minimum Gasteiger partial charge on any atom is -0.496 e. The standard InChI is InChI=1S/C18H14N6O/c1-25-16-11-13(7-8-15(16)14-5-4-9-19-12-14)18-21-23-24(22-18)17-6-2-3-10-20-17/h2-12H,1H3. The monoisotopic (exact) mass is 330 g/mol. The molecule has 7 nitrogen and oxygen atoms in total. The van der Waals surface area contributed by atoms with Gasteiger partial charge < -0.3 is 4.74 Å². The number of ether oxygens (including phenoxy) is 1. The molecular formula is C18H14N6O. The number of tetrazole rings is 1. The fourth-order valence-corrected chi connectivity index (χ4v) is 2.49. The number of aromatic nitrogens is 6. The second kappa shape index (κ2) is 6.48. The lowest BCUT2D eigenvalue weighted by Gasteiger charge is -2.09. The zero-order chi connectivity index (χ0) is 17.1. The Morgan fingerprint density at radius 2 is 1.92 bits per heavy atom. The van der Waals surface area contributed by atoms with Gasteiger partial charge in [0.25, 0.3) is 0 Å². The second-order valence-corrected chi connectivity index (χ2v) is 5.25. The Morgan fingerprint density at radius 1 is 0.960 bits per heavy atom. The average Bonchev–Trinajstić information content (AvgIpc) is 3.19. The van der Waals surface area contributed by atoms with E-state index in [4.69, 9.17) is 4.74 Å². The smallest absolute Gasteiger partial charge is 0.205 e. The number of pyridine rings is 2. The number of methoxy groups -OCH3 is 1. The summed E-state index contributed by atoms with van der Waals surface area (Å²) in [6, 6.07) is 15.2. The first kappa shape index (κ1) is 14.9. The molecule has 0 unspecified atom stereocenters. The van der Waals surface area contributed by atoms with E-state index in [2.05, 4.69) is 25.4 Å². The molecule has 0 spiro atoms. The van der Waals surface area contributed by atoms with E-state index in [0.29, 0.717) is 11.6 Å². The van der Waals surface area contributed by atoms with E-state index in [1.54, 1.807) is 25.7 Å². The molecule has 122 valence electrons. The predicted molar refractivity (Wildman–Crippen MR) is 92.2 cm³/mol. The highest BCUT2D eigenvalue weighted by atomic mass is 16.5. The third-order valence-corrected chi connectivity index (χ3v) is 3.70. The molecule has 0 radical (unpaired) electrons. The molecule has 0 saturated heterocycles. The van der Waals surface area contributed by atoms with E-state index in [1.807, 2.05) is 48.5 Å². The van der Waals surface area contributed by atoms with Crippen LogP contribution in [0.3, 0.4) is 0 Å². The summed E-state index contributed by atoms with van der Waals surface area (Å²) in [6.07, 6.45) is 5.22. The van der Waals surface area contributed by atoms with Crippen molar-refractivity contribution in [2.75, 3.05) is 7.11 Å². The van der Waals surface area contributed by atoms with Gasteiger partial charge in [0.05, 0.1) is 7.11 Å². The first-order valence-corrected chi connectivity index (χ1v) is 7.65. The zero-order valence-electron chi connectivity index (χ0n) is 13.4. The summed E-state index contributed by atoms with van der Waals surface area (Å²) in [4.78, 5) is 9.76. The Kier molecular flexibility index (Phi) is 3.88. The molecule has 7 heteroatoms. The lowest BCUT2D eigenvalue weighted by molar-refractivity contribution is 0.416. The Morgan fingerprint density at radius 3 is 2.68 bits per heavy atom. The number of hydrogen-bond donors (Lipinski definition) is 0. The maximum Gasteiger partial charge on any atom is 0.205 e. The van der Waals surface area contributed by atoms with E-state index in [-0.39, 0.29) is 0 Å². The van der Waals surface area contributed by atoms with Crippen LogP contribution in [0.15, 0.2) is 67.1 Å². The third-order valence-electron chi connectivity index (χ3n) is 3.70. The van der Waals surface area contributed by atoms with Crippen molar-refractivity contribution in [1.82, 2.24) is 30.2 Å². The van der Waals surface area contributed by atoms with Crippen LogP contribution in [0.2, 0.25) is 0 Å². The van der Waals surface area contributed by atoms with Crippen molar-refractivity contribution in [1.29, 1.82) is 0 Å². The Hall–Kier alpha value is -3.61. The lowest BCUT2D eigenvalue weighted by Crippen LogP contribution is -2.00. The van der Waals surface area contributed by atoms with Gasteiger partial charge in [0.1, 0.15) is 5.75 Å². The molecule has 0 aliphatic rings. The molecule has 0 aliphatic carbocycles. The molecule has 1 aromatic carbocycles. The molecule has 4 aromatic rings. The van der Waals surface area contributed by atoms with Gasteiger partial charge in [-0.1, -0.05) is 18.2 Å². The van der Waals surface area contributed by atoms with Gasteiger partial charge in [-0.2, -0.15) is 0 Å². The zero-order valence-corrected chi connectivity index (χ0v) is 13.4. The number of rotatable bonds is 4. The lowest BCUT2D eigenvalue weighted by atomic mass is 10.0. The molecule has 4 rings (SSSR count). The van der Waals surface area contributed by atoms with E-state index >= 15 is 0 Å². The van der Waals surface area contributed by atoms with Crippen molar-refractivity contribution >= 4 is 0 Å². The molecule has 0 fully saturated rings. The van der Waals surface area contributed by atoms with Crippen LogP contribution in [0.4, 0.5) is 0 Å². The minimum atomic E-state index is 0.502. The fourth-order valence-electron chi connectivity index (χ4n) is 2.49. The molecule has 25 heavy (non-hydrogen) atoms. The van der Waals surface area contributed by atoms with Gasteiger partial charge in [0, 0.05) is 35.3 Å². The quantitative estimate of drug-likeness (QED) is 0.572. The Balaban J connectivity index is 1.71. The number of nitrogens with zero attached hydrogens (tertiary/aromatic N) is 6. The normalized spacial score (nSPS) is 10.6. The highest BCUT2D eigenvalue weighted by Gasteiger charge is 2.12. The van der Waals surface area contributed by atoms with Crippen molar-refractivity contribution in [2.45, 2.75) is 0 Å². The molecule has 0 bridgehead atoms. The van der Waals surface area contributed by atoms with Crippen LogP contribution < -0.4 is 4.74 Å². The fraction of sp³-hybridized carbons (Fsp3) is 0.0556. The van der Waals surface area contributed by atoms with Gasteiger partial charge in [-0.25, -0.2) is 4.98 Å². The number of benzene rings is 1. The van der Waals surface area contributed by atoms with Crippen LogP contribution >= 0.6 is 0 Å². The van der Waals surface area contributed by atoms with Crippen molar-refractivity contribution in [3.8, 4) is 34.1 Å². The average molecular weight is 330 g/mol. The molecule has 0 atom stereocenters. The van der Waals surface area contributed by atoms with Crippen LogP contribution in [-0.4, -0.2) is 37.3 Å². The summed E-state index contributed by atoms with van der Waals surface area (Å²) in [7, 11) is 1.64. The van der Waals surface area contributed by atoms with Crippen LogP contribution in [0.5, 0.6) is 5.75 Å². The molecule has 3 heterocycles. The Bertz CT molecular complexity index is 985. The van der Waals surface area contributed by atoms with Crippen LogP contribution in [0.25, 0.3) is 28.3 Å². The summed E-state index contributed by atoms with van der Waals surface area (Å²) in [5.74, 6) is 1.83. The van der Waals surface area contributed by atoms with Crippen molar-refractivity contribution < 1.29 is 4.74 Å². The van der Waals surface area contributed by atoms with Crippen molar-refractivity contribution in [3.05, 3.63) is 67.1 Å². The topological polar surface area (TPSA) is 78.6 Å². The summed E-state index contributed by atoms with van der Waals surface area (Å²) < 4.78 is 5.53. The summed E-state index contributed by atoms with van der Waals surface area (Å²) in [5.41, 5.74) is 2.75. The maximum atomic E-state index is 5.53. The SMILES string of the molecule is COc1cc(-c2nnn(-c3ccccn3)n2)ccc1-c1cccnc1. The van der Waals surface area contributed by atoms with Gasteiger partial charge in [-0.05, 0) is 35.5 Å². The van der Waals surface area contributed by atoms with E-state index < -0.39 is 0 Å². The number of hydrogen-bond acceptors (Lipinski definition) is 6. The maximum absolute atomic E-state index is 5.53. The first-order chi connectivity index (χ1) is 12.3. The van der Waals surface area contributed by atoms with Gasteiger partial charge in [-0.3, -0.25) is 4.98 Å². The largest absolute Gasteiger partial charge is 0.496 e. The van der Waals surface area contributed by atoms with E-state index in [9.17, 15) is 0 Å². The molecule has 0 saturated carbocycles. The molecular weight excluding hydrogens is 316 g/mol. The molecule has 0 N–H and O–H groups in total. The predicted octanol–water partition coefficient (Wildman–Crippen LogP) is 2.79. The first-order valence-electron chi connectivity index (χ1n) is 7.65. The Labute approximate surface area is 144 Å². The van der Waals surface area contributed by atoms with E-state index in [0.717, 1.165) is 22.4 Å². The molecule has 3 aromatic heterocycles. The summed E-state index contributed by atoms with van der Waals surface area (Å²) in [5, 5.41) is 12.6. The second-order valence-electron chi connectivity index (χ2n) is 5.25. The molecule has 0 aliphatic heterocycles. The van der Waals surface area contributed by atoms with Gasteiger partial charge in [0.15, 0.2) is 5.82 Å². The third kappa shape index (κ3) is 2.94. The molecule has 0 amide bonds. The van der Waals surface area contributed by atoms with Gasteiger partial charge in [0.2, 0.25) is 5.82 Å². The van der Waals surface area contributed by atoms with Gasteiger partial charge >= 0.3 is 0 Å². The van der Waals surface area contributed by atoms with Crippen molar-refractivity contribution in [3.63, 3.8) is 0 Å². The summed E-state index contributed by atoms with van der Waals surface area (Å²) in [6.45, 7) is 0. The van der Waals surface area contributed by atoms with E-state index in [1.165, 1.54) is 4.80 Å². The van der Waals surface area contributed by atoms with Gasteiger partial charge in [-0.15, -0.1) is 15.0 Å². The van der Waals surface area contributed by atoms with Crippen LogP contribution in [0, 0.1) is 0 Å². The highest BCUT2D eigenvalue weighted by molar-refractivity contribution is 5.74. The highest BCUT2D eigenvalue weighted by Crippen LogP contribution is 2.32. The summed E-state index contributed by atoms with van der Waals surface area (Å²) >= 11 is 0. The van der Waals surface area contributed by atoms with Crippen molar-refractivity contribution in [2.24, 2.45) is 0 Å². The van der Waals surface area contributed by atoms with Crippen LogP contribution in [-0.2, 0) is 0 Å². The minimum absolute atomic E-state index is 0.502.